The Hall–Kier alpha value is -0.420. The number of hydrogen-bond acceptors (Lipinski definition) is 4. The lowest BCUT2D eigenvalue weighted by atomic mass is 10.2. The van der Waals surface area contributed by atoms with Crippen molar-refractivity contribution in [2.24, 2.45) is 0 Å². The van der Waals surface area contributed by atoms with E-state index in [4.69, 9.17) is 4.74 Å². The highest BCUT2D eigenvalue weighted by atomic mass is 32.1. The van der Waals surface area contributed by atoms with E-state index < -0.39 is 0 Å². The summed E-state index contributed by atoms with van der Waals surface area (Å²) in [6.07, 6.45) is 0. The van der Waals surface area contributed by atoms with Crippen molar-refractivity contribution in [3.05, 3.63) is 22.4 Å². The van der Waals surface area contributed by atoms with Crippen LogP contribution in [0.25, 0.3) is 0 Å². The Morgan fingerprint density at radius 2 is 2.29 bits per heavy atom. The fourth-order valence-corrected chi connectivity index (χ4v) is 2.61. The van der Waals surface area contributed by atoms with Crippen molar-refractivity contribution in [2.75, 3.05) is 32.9 Å². The molecule has 0 aromatic carbocycles. The summed E-state index contributed by atoms with van der Waals surface area (Å²) in [5.74, 6) is 0. The zero-order valence-electron chi connectivity index (χ0n) is 8.06. The van der Waals surface area contributed by atoms with E-state index in [2.05, 4.69) is 16.3 Å². The van der Waals surface area contributed by atoms with Gasteiger partial charge in [0.15, 0.2) is 0 Å². The van der Waals surface area contributed by atoms with E-state index in [1.165, 1.54) is 4.88 Å². The number of aliphatic hydroxyl groups excluding tert-OH is 1. The van der Waals surface area contributed by atoms with Crippen LogP contribution in [0, 0.1) is 0 Å². The minimum atomic E-state index is 0.166. The molecule has 1 fully saturated rings. The fraction of sp³-hybridized carbons (Fsp3) is 0.600. The highest BCUT2D eigenvalue weighted by Gasteiger charge is 2.22. The SMILES string of the molecule is OCC(c1cccs1)N1CCOCC1. The van der Waals surface area contributed by atoms with Crippen molar-refractivity contribution >= 4 is 11.3 Å². The van der Waals surface area contributed by atoms with Gasteiger partial charge in [0.1, 0.15) is 0 Å². The van der Waals surface area contributed by atoms with E-state index >= 15 is 0 Å². The van der Waals surface area contributed by atoms with Crippen LogP contribution in [0.4, 0.5) is 0 Å². The number of rotatable bonds is 3. The van der Waals surface area contributed by atoms with Crippen LogP contribution in [0.3, 0.4) is 0 Å². The van der Waals surface area contributed by atoms with Crippen LogP contribution in [0.15, 0.2) is 17.5 Å². The van der Waals surface area contributed by atoms with Crippen LogP contribution in [0.2, 0.25) is 0 Å². The van der Waals surface area contributed by atoms with Crippen LogP contribution >= 0.6 is 11.3 Å². The van der Waals surface area contributed by atoms with Gasteiger partial charge in [0, 0.05) is 18.0 Å². The molecule has 1 unspecified atom stereocenters. The first-order chi connectivity index (χ1) is 6.92. The molecule has 1 aliphatic heterocycles. The lowest BCUT2D eigenvalue weighted by molar-refractivity contribution is 0.00348. The van der Waals surface area contributed by atoms with Gasteiger partial charge >= 0.3 is 0 Å². The molecular formula is C10H15NO2S. The Balaban J connectivity index is 2.04. The molecule has 1 aromatic heterocycles. The van der Waals surface area contributed by atoms with Crippen LogP contribution < -0.4 is 0 Å². The van der Waals surface area contributed by atoms with Crippen molar-refractivity contribution in [2.45, 2.75) is 6.04 Å². The highest BCUT2D eigenvalue weighted by molar-refractivity contribution is 7.10. The molecule has 1 saturated heterocycles. The van der Waals surface area contributed by atoms with E-state index in [9.17, 15) is 5.11 Å². The second-order valence-corrected chi connectivity index (χ2v) is 4.34. The molecule has 3 nitrogen and oxygen atoms in total. The maximum absolute atomic E-state index is 9.37. The van der Waals surface area contributed by atoms with Crippen molar-refractivity contribution in [1.29, 1.82) is 0 Å². The molecule has 0 spiro atoms. The van der Waals surface area contributed by atoms with Crippen molar-refractivity contribution in [3.63, 3.8) is 0 Å². The van der Waals surface area contributed by atoms with E-state index in [0.717, 1.165) is 26.3 Å². The number of aliphatic hydroxyl groups is 1. The second-order valence-electron chi connectivity index (χ2n) is 3.36. The summed E-state index contributed by atoms with van der Waals surface area (Å²) in [5, 5.41) is 11.4. The largest absolute Gasteiger partial charge is 0.394 e. The van der Waals surface area contributed by atoms with Crippen LogP contribution in [0.1, 0.15) is 10.9 Å². The van der Waals surface area contributed by atoms with E-state index in [1.54, 1.807) is 11.3 Å². The van der Waals surface area contributed by atoms with Crippen LogP contribution in [-0.2, 0) is 4.74 Å². The highest BCUT2D eigenvalue weighted by Crippen LogP contribution is 2.25. The zero-order valence-corrected chi connectivity index (χ0v) is 8.87. The standard InChI is InChI=1S/C10H15NO2S/c12-8-9(10-2-1-7-14-10)11-3-5-13-6-4-11/h1-2,7,9,12H,3-6,8H2. The molecule has 1 aliphatic rings. The van der Waals surface area contributed by atoms with Gasteiger partial charge in [0.05, 0.1) is 25.9 Å². The van der Waals surface area contributed by atoms with Crippen molar-refractivity contribution in [1.82, 2.24) is 4.90 Å². The summed E-state index contributed by atoms with van der Waals surface area (Å²) in [5.41, 5.74) is 0. The molecule has 0 amide bonds. The lowest BCUT2D eigenvalue weighted by Gasteiger charge is -2.32. The van der Waals surface area contributed by atoms with Crippen LogP contribution in [-0.4, -0.2) is 42.9 Å². The average molecular weight is 213 g/mol. The van der Waals surface area contributed by atoms with Gasteiger partial charge in [-0.2, -0.15) is 0 Å². The third kappa shape index (κ3) is 2.15. The van der Waals surface area contributed by atoms with Crippen molar-refractivity contribution in [3.8, 4) is 0 Å². The summed E-state index contributed by atoms with van der Waals surface area (Å²) in [6, 6.07) is 4.28. The third-order valence-corrected chi connectivity index (χ3v) is 3.50. The summed E-state index contributed by atoms with van der Waals surface area (Å²) in [7, 11) is 0. The molecule has 0 radical (unpaired) electrons. The molecular weight excluding hydrogens is 198 g/mol. The van der Waals surface area contributed by atoms with E-state index in [0.29, 0.717) is 0 Å². The smallest absolute Gasteiger partial charge is 0.0676 e. The molecule has 0 saturated carbocycles. The third-order valence-electron chi connectivity index (χ3n) is 2.53. The first-order valence-corrected chi connectivity index (χ1v) is 5.76. The maximum atomic E-state index is 9.37. The van der Waals surface area contributed by atoms with Crippen molar-refractivity contribution < 1.29 is 9.84 Å². The van der Waals surface area contributed by atoms with Gasteiger partial charge < -0.3 is 9.84 Å². The number of morpholine rings is 1. The fourth-order valence-electron chi connectivity index (χ4n) is 1.76. The first kappa shape index (κ1) is 10.1. The van der Waals surface area contributed by atoms with Gasteiger partial charge in [-0.1, -0.05) is 6.07 Å². The minimum Gasteiger partial charge on any atom is -0.394 e. The van der Waals surface area contributed by atoms with E-state index in [1.807, 2.05) is 6.07 Å². The Morgan fingerprint density at radius 1 is 1.50 bits per heavy atom. The van der Waals surface area contributed by atoms with Gasteiger partial charge in [-0.25, -0.2) is 0 Å². The van der Waals surface area contributed by atoms with Gasteiger partial charge in [-0.15, -0.1) is 11.3 Å². The Morgan fingerprint density at radius 3 is 2.86 bits per heavy atom. The predicted molar refractivity (Wildman–Crippen MR) is 56.5 cm³/mol. The summed E-state index contributed by atoms with van der Waals surface area (Å²) < 4.78 is 5.29. The zero-order chi connectivity index (χ0) is 9.80. The maximum Gasteiger partial charge on any atom is 0.0676 e. The summed E-state index contributed by atoms with van der Waals surface area (Å²) >= 11 is 1.71. The molecule has 1 aromatic rings. The number of thiophene rings is 1. The molecule has 2 heterocycles. The number of hydrogen-bond donors (Lipinski definition) is 1. The molecule has 0 bridgehead atoms. The minimum absolute atomic E-state index is 0.166. The van der Waals surface area contributed by atoms with Gasteiger partial charge in [-0.05, 0) is 11.4 Å². The first-order valence-electron chi connectivity index (χ1n) is 4.88. The molecule has 78 valence electrons. The predicted octanol–water partition coefficient (Wildman–Crippen LogP) is 1.11. The topological polar surface area (TPSA) is 32.7 Å². The normalized spacial score (nSPS) is 20.9. The Labute approximate surface area is 87.9 Å². The molecule has 14 heavy (non-hydrogen) atoms. The molecule has 4 heteroatoms. The molecule has 2 rings (SSSR count). The summed E-state index contributed by atoms with van der Waals surface area (Å²) in [6.45, 7) is 3.59. The quantitative estimate of drug-likeness (QED) is 0.816. The average Bonchev–Trinajstić information content (AvgIpc) is 2.74. The molecule has 0 aliphatic carbocycles. The molecule has 1 N–H and O–H groups in total. The van der Waals surface area contributed by atoms with Crippen LogP contribution in [0.5, 0.6) is 0 Å². The lowest BCUT2D eigenvalue weighted by Crippen LogP contribution is -2.40. The summed E-state index contributed by atoms with van der Waals surface area (Å²) in [4.78, 5) is 3.53. The number of nitrogens with zero attached hydrogens (tertiary/aromatic N) is 1. The van der Waals surface area contributed by atoms with Gasteiger partial charge in [0.25, 0.3) is 0 Å². The van der Waals surface area contributed by atoms with Gasteiger partial charge in [-0.3, -0.25) is 4.90 Å². The van der Waals surface area contributed by atoms with Gasteiger partial charge in [0.2, 0.25) is 0 Å². The Kier molecular flexibility index (Phi) is 3.53. The Bertz CT molecular complexity index is 257. The number of ether oxygens (including phenoxy) is 1. The van der Waals surface area contributed by atoms with E-state index in [-0.39, 0.29) is 12.6 Å². The molecule has 1 atom stereocenters. The monoisotopic (exact) mass is 213 g/mol. The second kappa shape index (κ2) is 4.89.